The van der Waals surface area contributed by atoms with Gasteiger partial charge in [-0.25, -0.2) is 4.79 Å². The molecule has 19 heavy (non-hydrogen) atoms. The fourth-order valence-electron chi connectivity index (χ4n) is 2.46. The summed E-state index contributed by atoms with van der Waals surface area (Å²) in [5.41, 5.74) is 1.35. The number of carboxylic acids is 1. The van der Waals surface area contributed by atoms with Crippen molar-refractivity contribution < 1.29 is 9.90 Å². The number of anilines is 1. The van der Waals surface area contributed by atoms with Gasteiger partial charge < -0.3 is 10.0 Å². The maximum Gasteiger partial charge on any atom is 0.326 e. The maximum atomic E-state index is 11.3. The van der Waals surface area contributed by atoms with Crippen LogP contribution in [0.4, 0.5) is 5.69 Å². The van der Waals surface area contributed by atoms with Crippen molar-refractivity contribution in [3.8, 4) is 6.07 Å². The molecule has 0 spiro atoms. The van der Waals surface area contributed by atoms with Gasteiger partial charge in [-0.15, -0.1) is 11.8 Å². The first-order valence-corrected chi connectivity index (χ1v) is 7.33. The molecule has 1 heterocycles. The number of hydrogen-bond acceptors (Lipinski definition) is 4. The van der Waals surface area contributed by atoms with Crippen molar-refractivity contribution in [2.75, 3.05) is 17.2 Å². The number of carboxylic acid groups (broad SMARTS) is 1. The number of carbonyl (C=O) groups is 1. The van der Waals surface area contributed by atoms with Gasteiger partial charge in [0.25, 0.3) is 0 Å². The second-order valence-electron chi connectivity index (χ2n) is 4.38. The molecule has 1 fully saturated rings. The molecule has 1 unspecified atom stereocenters. The van der Waals surface area contributed by atoms with E-state index in [2.05, 4.69) is 6.07 Å². The summed E-state index contributed by atoms with van der Waals surface area (Å²) in [4.78, 5) is 14.0. The second-order valence-corrected chi connectivity index (χ2v) is 5.69. The SMILES string of the molecule is CCSc1cccc(N2CCCC2C(=O)O)c1C#N. The monoisotopic (exact) mass is 276 g/mol. The van der Waals surface area contributed by atoms with Crippen molar-refractivity contribution >= 4 is 23.4 Å². The number of aliphatic carboxylic acids is 1. The number of nitriles is 1. The van der Waals surface area contributed by atoms with Gasteiger partial charge in [0.2, 0.25) is 0 Å². The molecule has 4 nitrogen and oxygen atoms in total. The molecule has 1 aromatic carbocycles. The van der Waals surface area contributed by atoms with E-state index in [1.165, 1.54) is 0 Å². The zero-order valence-corrected chi connectivity index (χ0v) is 11.6. The molecule has 0 saturated carbocycles. The molecule has 1 aliphatic rings. The lowest BCUT2D eigenvalue weighted by Crippen LogP contribution is -2.36. The summed E-state index contributed by atoms with van der Waals surface area (Å²) in [6.07, 6.45) is 1.50. The van der Waals surface area contributed by atoms with Gasteiger partial charge in [0, 0.05) is 11.4 Å². The van der Waals surface area contributed by atoms with Crippen LogP contribution in [0.15, 0.2) is 23.1 Å². The summed E-state index contributed by atoms with van der Waals surface area (Å²) >= 11 is 1.61. The summed E-state index contributed by atoms with van der Waals surface area (Å²) in [5, 5.41) is 18.6. The van der Waals surface area contributed by atoms with Crippen LogP contribution < -0.4 is 4.90 Å². The van der Waals surface area contributed by atoms with Crippen LogP contribution in [0.3, 0.4) is 0 Å². The Balaban J connectivity index is 2.42. The van der Waals surface area contributed by atoms with Crippen LogP contribution >= 0.6 is 11.8 Å². The van der Waals surface area contributed by atoms with Crippen LogP contribution in [0.5, 0.6) is 0 Å². The lowest BCUT2D eigenvalue weighted by atomic mass is 10.1. The quantitative estimate of drug-likeness (QED) is 0.857. The Kier molecular flexibility index (Phi) is 4.33. The van der Waals surface area contributed by atoms with Gasteiger partial charge >= 0.3 is 5.97 Å². The van der Waals surface area contributed by atoms with E-state index < -0.39 is 12.0 Å². The number of hydrogen-bond donors (Lipinski definition) is 1. The molecule has 1 saturated heterocycles. The second kappa shape index (κ2) is 5.98. The third-order valence-corrected chi connectivity index (χ3v) is 4.20. The van der Waals surface area contributed by atoms with Gasteiger partial charge in [-0.3, -0.25) is 0 Å². The van der Waals surface area contributed by atoms with Crippen molar-refractivity contribution in [3.63, 3.8) is 0 Å². The van der Waals surface area contributed by atoms with Crippen molar-refractivity contribution in [2.45, 2.75) is 30.7 Å². The molecule has 1 atom stereocenters. The molecule has 0 aliphatic carbocycles. The number of nitrogens with zero attached hydrogens (tertiary/aromatic N) is 2. The molecule has 2 rings (SSSR count). The number of benzene rings is 1. The minimum atomic E-state index is -0.810. The van der Waals surface area contributed by atoms with Crippen molar-refractivity contribution in [3.05, 3.63) is 23.8 Å². The largest absolute Gasteiger partial charge is 0.480 e. The average Bonchev–Trinajstić information content (AvgIpc) is 2.88. The van der Waals surface area contributed by atoms with E-state index in [-0.39, 0.29) is 0 Å². The van der Waals surface area contributed by atoms with Crippen LogP contribution in [-0.2, 0) is 4.79 Å². The topological polar surface area (TPSA) is 64.3 Å². The van der Waals surface area contributed by atoms with Crippen molar-refractivity contribution in [1.29, 1.82) is 5.26 Å². The highest BCUT2D eigenvalue weighted by Gasteiger charge is 2.32. The minimum Gasteiger partial charge on any atom is -0.480 e. The molecular formula is C14H16N2O2S. The first-order chi connectivity index (χ1) is 9.19. The average molecular weight is 276 g/mol. The van der Waals surface area contributed by atoms with Crippen molar-refractivity contribution in [2.24, 2.45) is 0 Å². The molecule has 1 aromatic rings. The van der Waals surface area contributed by atoms with Crippen LogP contribution in [0.1, 0.15) is 25.3 Å². The molecular weight excluding hydrogens is 260 g/mol. The van der Waals surface area contributed by atoms with Gasteiger partial charge in [0.15, 0.2) is 0 Å². The fraction of sp³-hybridized carbons (Fsp3) is 0.429. The predicted molar refractivity (Wildman–Crippen MR) is 75.6 cm³/mol. The molecule has 0 radical (unpaired) electrons. The summed E-state index contributed by atoms with van der Waals surface area (Å²) < 4.78 is 0. The Labute approximate surface area is 117 Å². The van der Waals surface area contributed by atoms with Gasteiger partial charge in [0.1, 0.15) is 12.1 Å². The Morgan fingerprint density at radius 2 is 2.42 bits per heavy atom. The first kappa shape index (κ1) is 13.8. The molecule has 5 heteroatoms. The van der Waals surface area contributed by atoms with Gasteiger partial charge in [0.05, 0.1) is 11.3 Å². The zero-order chi connectivity index (χ0) is 13.8. The molecule has 1 N–H and O–H groups in total. The third kappa shape index (κ3) is 2.69. The minimum absolute atomic E-state index is 0.506. The highest BCUT2D eigenvalue weighted by atomic mass is 32.2. The normalized spacial score (nSPS) is 18.3. The van der Waals surface area contributed by atoms with Gasteiger partial charge in [-0.2, -0.15) is 5.26 Å². The summed E-state index contributed by atoms with van der Waals surface area (Å²) in [6.45, 7) is 2.74. The number of thioether (sulfide) groups is 1. The molecule has 100 valence electrons. The predicted octanol–water partition coefficient (Wildman–Crippen LogP) is 2.72. The molecule has 0 aromatic heterocycles. The maximum absolute atomic E-state index is 11.3. The Hall–Kier alpha value is -1.67. The summed E-state index contributed by atoms with van der Waals surface area (Å²) in [7, 11) is 0. The Morgan fingerprint density at radius 1 is 1.63 bits per heavy atom. The summed E-state index contributed by atoms with van der Waals surface area (Å²) in [6, 6.07) is 7.38. The van der Waals surface area contributed by atoms with E-state index in [1.807, 2.05) is 30.0 Å². The number of rotatable bonds is 4. The van der Waals surface area contributed by atoms with Gasteiger partial charge in [-0.05, 0) is 30.7 Å². The van der Waals surface area contributed by atoms with Crippen LogP contribution in [-0.4, -0.2) is 29.4 Å². The summed E-state index contributed by atoms with van der Waals surface area (Å²) in [5.74, 6) is 0.0791. The van der Waals surface area contributed by atoms with Crippen LogP contribution in [0.2, 0.25) is 0 Å². The fourth-order valence-corrected chi connectivity index (χ4v) is 3.24. The highest BCUT2D eigenvalue weighted by molar-refractivity contribution is 7.99. The van der Waals surface area contributed by atoms with E-state index in [9.17, 15) is 15.2 Å². The highest BCUT2D eigenvalue weighted by Crippen LogP contribution is 2.34. The lowest BCUT2D eigenvalue weighted by Gasteiger charge is -2.25. The van der Waals surface area contributed by atoms with E-state index in [0.717, 1.165) is 22.8 Å². The Morgan fingerprint density at radius 3 is 3.05 bits per heavy atom. The molecule has 0 amide bonds. The smallest absolute Gasteiger partial charge is 0.326 e. The van der Waals surface area contributed by atoms with E-state index in [1.54, 1.807) is 11.8 Å². The zero-order valence-electron chi connectivity index (χ0n) is 10.8. The third-order valence-electron chi connectivity index (χ3n) is 3.26. The lowest BCUT2D eigenvalue weighted by molar-refractivity contribution is -0.138. The Bertz CT molecular complexity index is 525. The first-order valence-electron chi connectivity index (χ1n) is 6.34. The van der Waals surface area contributed by atoms with E-state index in [0.29, 0.717) is 18.5 Å². The van der Waals surface area contributed by atoms with E-state index >= 15 is 0 Å². The van der Waals surface area contributed by atoms with Gasteiger partial charge in [-0.1, -0.05) is 13.0 Å². The van der Waals surface area contributed by atoms with E-state index in [4.69, 9.17) is 0 Å². The van der Waals surface area contributed by atoms with Crippen LogP contribution in [0.25, 0.3) is 0 Å². The van der Waals surface area contributed by atoms with Crippen LogP contribution in [0, 0.1) is 11.3 Å². The van der Waals surface area contributed by atoms with Crippen molar-refractivity contribution in [1.82, 2.24) is 0 Å². The molecule has 1 aliphatic heterocycles. The molecule has 0 bridgehead atoms. The standard InChI is InChI=1S/C14H16N2O2S/c1-2-19-13-7-3-5-11(10(13)9-15)16-8-4-6-12(16)14(17)18/h3,5,7,12H,2,4,6,8H2,1H3,(H,17,18).